The second-order valence-corrected chi connectivity index (χ2v) is 4.47. The van der Waals surface area contributed by atoms with Crippen molar-refractivity contribution in [3.05, 3.63) is 24.3 Å². The van der Waals surface area contributed by atoms with E-state index in [1.54, 1.807) is 6.20 Å². The summed E-state index contributed by atoms with van der Waals surface area (Å²) < 4.78 is 0. The van der Waals surface area contributed by atoms with Gasteiger partial charge in [0.05, 0.1) is 6.20 Å². The van der Waals surface area contributed by atoms with Crippen molar-refractivity contribution >= 4 is 5.91 Å². The number of carbonyl (C=O) groups is 1. The van der Waals surface area contributed by atoms with Crippen molar-refractivity contribution in [2.24, 2.45) is 5.92 Å². The van der Waals surface area contributed by atoms with Crippen LogP contribution in [0.25, 0.3) is 0 Å². The third-order valence-electron chi connectivity index (χ3n) is 3.02. The lowest BCUT2D eigenvalue weighted by molar-refractivity contribution is 0.0921. The average Bonchev–Trinajstić information content (AvgIpc) is 2.36. The first-order chi connectivity index (χ1) is 8.15. The van der Waals surface area contributed by atoms with Gasteiger partial charge in [0.15, 0.2) is 0 Å². The van der Waals surface area contributed by atoms with Crippen molar-refractivity contribution in [2.75, 3.05) is 0 Å². The first-order valence-electron chi connectivity index (χ1n) is 6.22. The number of amides is 1. The fourth-order valence-electron chi connectivity index (χ4n) is 1.62. The Morgan fingerprint density at radius 1 is 1.41 bits per heavy atom. The highest BCUT2D eigenvalue weighted by atomic mass is 16.1. The number of hydrogen-bond donors (Lipinski definition) is 1. The maximum absolute atomic E-state index is 11.8. The summed E-state index contributed by atoms with van der Waals surface area (Å²) in [6.07, 6.45) is 8.10. The summed E-state index contributed by atoms with van der Waals surface area (Å²) in [5, 5.41) is 2.96. The lowest BCUT2D eigenvalue weighted by Gasteiger charge is -2.20. The van der Waals surface area contributed by atoms with Gasteiger partial charge in [-0.05, 0) is 19.3 Å². The van der Waals surface area contributed by atoms with Crippen LogP contribution in [0.4, 0.5) is 0 Å². The minimum absolute atomic E-state index is 0.144. The van der Waals surface area contributed by atoms with Crippen molar-refractivity contribution in [1.29, 1.82) is 0 Å². The van der Waals surface area contributed by atoms with E-state index in [-0.39, 0.29) is 11.9 Å². The quantitative estimate of drug-likeness (QED) is 0.823. The molecule has 0 saturated heterocycles. The molecule has 94 valence electrons. The summed E-state index contributed by atoms with van der Waals surface area (Å²) in [7, 11) is 0. The molecule has 1 amide bonds. The normalized spacial score (nSPS) is 14.1. The molecule has 2 unspecified atom stereocenters. The first kappa shape index (κ1) is 13.6. The second-order valence-electron chi connectivity index (χ2n) is 4.47. The fraction of sp³-hybridized carbons (Fsp3) is 0.615. The molecule has 0 radical (unpaired) electrons. The lowest BCUT2D eigenvalue weighted by Crippen LogP contribution is -2.37. The Kier molecular flexibility index (Phi) is 5.60. The van der Waals surface area contributed by atoms with Crippen molar-refractivity contribution in [1.82, 2.24) is 15.3 Å². The zero-order valence-electron chi connectivity index (χ0n) is 10.8. The van der Waals surface area contributed by atoms with Gasteiger partial charge in [-0.3, -0.25) is 9.78 Å². The summed E-state index contributed by atoms with van der Waals surface area (Å²) in [6.45, 7) is 6.38. The van der Waals surface area contributed by atoms with Gasteiger partial charge in [-0.1, -0.05) is 26.7 Å². The molecule has 17 heavy (non-hydrogen) atoms. The van der Waals surface area contributed by atoms with E-state index in [9.17, 15) is 4.79 Å². The summed E-state index contributed by atoms with van der Waals surface area (Å²) in [5.41, 5.74) is 0.377. The molecular weight excluding hydrogens is 214 g/mol. The molecule has 1 aromatic heterocycles. The van der Waals surface area contributed by atoms with Crippen LogP contribution in [0.2, 0.25) is 0 Å². The van der Waals surface area contributed by atoms with Crippen LogP contribution in [0.5, 0.6) is 0 Å². The molecule has 0 aromatic carbocycles. The number of hydrogen-bond acceptors (Lipinski definition) is 3. The monoisotopic (exact) mass is 235 g/mol. The number of nitrogens with one attached hydrogen (secondary N) is 1. The third kappa shape index (κ3) is 4.51. The SMILES string of the molecule is CCCCC(C)C(C)NC(=O)c1cnccn1. The van der Waals surface area contributed by atoms with Gasteiger partial charge in [0.2, 0.25) is 0 Å². The Bertz CT molecular complexity index is 340. The third-order valence-corrected chi connectivity index (χ3v) is 3.02. The van der Waals surface area contributed by atoms with E-state index in [0.29, 0.717) is 11.6 Å². The topological polar surface area (TPSA) is 54.9 Å². The van der Waals surface area contributed by atoms with Crippen molar-refractivity contribution in [2.45, 2.75) is 46.1 Å². The van der Waals surface area contributed by atoms with Gasteiger partial charge >= 0.3 is 0 Å². The van der Waals surface area contributed by atoms with Crippen LogP contribution in [0.1, 0.15) is 50.5 Å². The number of aromatic nitrogens is 2. The molecular formula is C13H21N3O. The Labute approximate surface area is 103 Å². The Balaban J connectivity index is 2.46. The molecule has 1 heterocycles. The highest BCUT2D eigenvalue weighted by Crippen LogP contribution is 2.12. The molecule has 0 aliphatic rings. The summed E-state index contributed by atoms with van der Waals surface area (Å²) in [5.74, 6) is 0.338. The van der Waals surface area contributed by atoms with Crippen LogP contribution in [0.3, 0.4) is 0 Å². The van der Waals surface area contributed by atoms with Crippen LogP contribution < -0.4 is 5.32 Å². The molecule has 0 aliphatic heterocycles. The minimum atomic E-state index is -0.144. The van der Waals surface area contributed by atoms with Crippen LogP contribution in [0, 0.1) is 5.92 Å². The zero-order chi connectivity index (χ0) is 12.7. The number of unbranched alkanes of at least 4 members (excludes halogenated alkanes) is 1. The fourth-order valence-corrected chi connectivity index (χ4v) is 1.62. The van der Waals surface area contributed by atoms with Crippen LogP contribution in [-0.2, 0) is 0 Å². The summed E-state index contributed by atoms with van der Waals surface area (Å²) in [6, 6.07) is 0.163. The van der Waals surface area contributed by atoms with E-state index in [4.69, 9.17) is 0 Å². The zero-order valence-corrected chi connectivity index (χ0v) is 10.8. The van der Waals surface area contributed by atoms with Crippen molar-refractivity contribution in [3.8, 4) is 0 Å². The van der Waals surface area contributed by atoms with E-state index >= 15 is 0 Å². The van der Waals surface area contributed by atoms with Crippen LogP contribution >= 0.6 is 0 Å². The van der Waals surface area contributed by atoms with Crippen LogP contribution in [-0.4, -0.2) is 21.9 Å². The molecule has 2 atom stereocenters. The molecule has 0 fully saturated rings. The van der Waals surface area contributed by atoms with E-state index < -0.39 is 0 Å². The summed E-state index contributed by atoms with van der Waals surface area (Å²) >= 11 is 0. The molecule has 1 rings (SSSR count). The Morgan fingerprint density at radius 2 is 2.18 bits per heavy atom. The first-order valence-corrected chi connectivity index (χ1v) is 6.22. The Morgan fingerprint density at radius 3 is 2.76 bits per heavy atom. The minimum Gasteiger partial charge on any atom is -0.348 e. The number of carbonyl (C=O) groups excluding carboxylic acids is 1. The summed E-state index contributed by atoms with van der Waals surface area (Å²) in [4.78, 5) is 19.7. The predicted molar refractivity (Wildman–Crippen MR) is 67.6 cm³/mol. The van der Waals surface area contributed by atoms with Gasteiger partial charge in [0.25, 0.3) is 5.91 Å². The molecule has 0 bridgehead atoms. The molecule has 0 aliphatic carbocycles. The molecule has 4 heteroatoms. The number of rotatable bonds is 6. The maximum atomic E-state index is 11.8. The smallest absolute Gasteiger partial charge is 0.271 e. The van der Waals surface area contributed by atoms with Crippen molar-refractivity contribution < 1.29 is 4.79 Å². The highest BCUT2D eigenvalue weighted by Gasteiger charge is 2.15. The number of nitrogens with zero attached hydrogens (tertiary/aromatic N) is 2. The molecule has 4 nitrogen and oxygen atoms in total. The highest BCUT2D eigenvalue weighted by molar-refractivity contribution is 5.92. The van der Waals surface area contributed by atoms with E-state index in [1.807, 2.05) is 6.92 Å². The van der Waals surface area contributed by atoms with Gasteiger partial charge in [0, 0.05) is 18.4 Å². The van der Waals surface area contributed by atoms with Crippen molar-refractivity contribution in [3.63, 3.8) is 0 Å². The van der Waals surface area contributed by atoms with E-state index in [2.05, 4.69) is 29.1 Å². The van der Waals surface area contributed by atoms with Crippen LogP contribution in [0.15, 0.2) is 18.6 Å². The van der Waals surface area contributed by atoms with Gasteiger partial charge in [-0.15, -0.1) is 0 Å². The molecule has 1 N–H and O–H groups in total. The van der Waals surface area contributed by atoms with Gasteiger partial charge < -0.3 is 5.32 Å². The predicted octanol–water partition coefficient (Wildman–Crippen LogP) is 2.42. The van der Waals surface area contributed by atoms with E-state index in [1.165, 1.54) is 25.2 Å². The average molecular weight is 235 g/mol. The van der Waals surface area contributed by atoms with Gasteiger partial charge in [-0.2, -0.15) is 0 Å². The van der Waals surface area contributed by atoms with Gasteiger partial charge in [0.1, 0.15) is 5.69 Å². The maximum Gasteiger partial charge on any atom is 0.271 e. The molecule has 0 spiro atoms. The second kappa shape index (κ2) is 6.99. The van der Waals surface area contributed by atoms with Gasteiger partial charge in [-0.25, -0.2) is 4.98 Å². The largest absolute Gasteiger partial charge is 0.348 e. The Hall–Kier alpha value is -1.45. The standard InChI is InChI=1S/C13H21N3O/c1-4-5-6-10(2)11(3)16-13(17)12-9-14-7-8-15-12/h7-11H,4-6H2,1-3H3,(H,16,17). The molecule has 1 aromatic rings. The van der Waals surface area contributed by atoms with E-state index in [0.717, 1.165) is 6.42 Å². The molecule has 0 saturated carbocycles. The lowest BCUT2D eigenvalue weighted by atomic mass is 9.97.